The van der Waals surface area contributed by atoms with Crippen molar-refractivity contribution < 1.29 is 39.6 Å². The van der Waals surface area contributed by atoms with Crippen LogP contribution < -0.4 is 28.3 Å². The van der Waals surface area contributed by atoms with Gasteiger partial charge in [-0.05, 0) is 84.1 Å². The maximum absolute atomic E-state index is 12.2. The van der Waals surface area contributed by atoms with Gasteiger partial charge in [0, 0.05) is 12.5 Å². The van der Waals surface area contributed by atoms with Gasteiger partial charge in [0.1, 0.15) is 18.1 Å². The Morgan fingerprint density at radius 3 is 2.20 bits per heavy atom. The fourth-order valence-electron chi connectivity index (χ4n) is 5.74. The SMILES string of the molecule is NCc1cc(-c2c(C[C@H](N)C(=O)O)cccc2C(=O)O)cc(C(C2CNCCC2C[C@H](N)C(=O)O)[C@H](N)C(=O)O)c1. The lowest BCUT2D eigenvalue weighted by Gasteiger charge is -2.40. The van der Waals surface area contributed by atoms with E-state index in [2.05, 4.69) is 5.32 Å². The molecule has 2 aromatic carbocycles. The van der Waals surface area contributed by atoms with Gasteiger partial charge in [-0.2, -0.15) is 0 Å². The number of piperidine rings is 1. The summed E-state index contributed by atoms with van der Waals surface area (Å²) in [6, 6.07) is 5.68. The highest BCUT2D eigenvalue weighted by Crippen LogP contribution is 2.40. The molecule has 41 heavy (non-hydrogen) atoms. The number of carboxylic acids is 4. The number of hydrogen-bond acceptors (Lipinski definition) is 9. The Hall–Kier alpha value is -3.88. The predicted molar refractivity (Wildman–Crippen MR) is 149 cm³/mol. The summed E-state index contributed by atoms with van der Waals surface area (Å²) >= 11 is 0. The molecule has 3 unspecified atom stereocenters. The summed E-state index contributed by atoms with van der Waals surface area (Å²) < 4.78 is 0. The third-order valence-corrected chi connectivity index (χ3v) is 7.75. The first-order valence-electron chi connectivity index (χ1n) is 13.2. The molecule has 0 saturated carbocycles. The Balaban J connectivity index is 2.24. The van der Waals surface area contributed by atoms with Crippen LogP contribution in [0.3, 0.4) is 0 Å². The summed E-state index contributed by atoms with van der Waals surface area (Å²) in [5, 5.41) is 42.0. The van der Waals surface area contributed by atoms with E-state index < -0.39 is 53.8 Å². The third-order valence-electron chi connectivity index (χ3n) is 7.75. The minimum absolute atomic E-state index is 0.0331. The topological polar surface area (TPSA) is 265 Å². The number of rotatable bonds is 13. The number of carbonyl (C=O) groups is 4. The van der Waals surface area contributed by atoms with Gasteiger partial charge in [-0.15, -0.1) is 0 Å². The number of carboxylic acid groups (broad SMARTS) is 4. The Labute approximate surface area is 236 Å². The Kier molecular flexibility index (Phi) is 10.5. The van der Waals surface area contributed by atoms with Crippen molar-refractivity contribution in [2.75, 3.05) is 13.1 Å². The molecule has 222 valence electrons. The minimum atomic E-state index is -1.39. The smallest absolute Gasteiger partial charge is 0.336 e. The molecule has 6 atom stereocenters. The molecule has 1 fully saturated rings. The molecule has 13 nitrogen and oxygen atoms in total. The molecule has 2 aromatic rings. The van der Waals surface area contributed by atoms with Gasteiger partial charge in [0.2, 0.25) is 0 Å². The number of nitrogens with one attached hydrogen (secondary N) is 1. The van der Waals surface area contributed by atoms with Crippen molar-refractivity contribution in [3.05, 3.63) is 58.7 Å². The first-order chi connectivity index (χ1) is 19.3. The second-order valence-corrected chi connectivity index (χ2v) is 10.4. The molecule has 1 aliphatic rings. The lowest BCUT2D eigenvalue weighted by Crippen LogP contribution is -2.49. The standard InChI is InChI=1S/C28H37N5O8/c29-11-13-6-16(22-15(10-21(31)27(38)39)2-1-3-18(22)25(34)35)8-17(7-13)23(24(32)28(40)41)19-12-33-5-4-14(19)9-20(30)26(36)37/h1-3,6-8,14,19-21,23-24,33H,4-5,9-12,29-32H2,(H,34,35)(H,36,37)(H,38,39)(H,40,41)/t14?,19?,20-,21-,23?,24-/m0/s1. The van der Waals surface area contributed by atoms with Crippen molar-refractivity contribution in [1.29, 1.82) is 0 Å². The molecule has 1 heterocycles. The highest BCUT2D eigenvalue weighted by Gasteiger charge is 2.40. The van der Waals surface area contributed by atoms with E-state index in [1.165, 1.54) is 12.1 Å². The molecule has 13 N–H and O–H groups in total. The van der Waals surface area contributed by atoms with Gasteiger partial charge in [0.05, 0.1) is 5.56 Å². The Morgan fingerprint density at radius 2 is 1.61 bits per heavy atom. The normalized spacial score (nSPS) is 20.0. The van der Waals surface area contributed by atoms with Crippen LogP contribution in [0.15, 0.2) is 36.4 Å². The van der Waals surface area contributed by atoms with Crippen molar-refractivity contribution in [1.82, 2.24) is 5.32 Å². The lowest BCUT2D eigenvalue weighted by atomic mass is 9.69. The number of benzene rings is 2. The monoisotopic (exact) mass is 571 g/mol. The van der Waals surface area contributed by atoms with Gasteiger partial charge >= 0.3 is 23.9 Å². The van der Waals surface area contributed by atoms with Crippen LogP contribution in [0.2, 0.25) is 0 Å². The zero-order chi connectivity index (χ0) is 30.4. The molecule has 0 radical (unpaired) electrons. The van der Waals surface area contributed by atoms with Crippen LogP contribution in [-0.2, 0) is 27.3 Å². The Bertz CT molecular complexity index is 1300. The van der Waals surface area contributed by atoms with Gasteiger partial charge in [-0.1, -0.05) is 24.3 Å². The highest BCUT2D eigenvalue weighted by atomic mass is 16.4. The van der Waals surface area contributed by atoms with Crippen LogP contribution in [0.1, 0.15) is 45.8 Å². The van der Waals surface area contributed by atoms with Gasteiger partial charge in [-0.3, -0.25) is 14.4 Å². The van der Waals surface area contributed by atoms with Crippen molar-refractivity contribution >= 4 is 23.9 Å². The maximum Gasteiger partial charge on any atom is 0.336 e. The molecule has 0 spiro atoms. The van der Waals surface area contributed by atoms with Gasteiger partial charge in [0.15, 0.2) is 0 Å². The summed E-state index contributed by atoms with van der Waals surface area (Å²) in [6.45, 7) is 0.983. The molecular weight excluding hydrogens is 534 g/mol. The van der Waals surface area contributed by atoms with Crippen molar-refractivity contribution in [2.45, 2.75) is 49.9 Å². The quantitative estimate of drug-likeness (QED) is 0.153. The van der Waals surface area contributed by atoms with E-state index in [9.17, 15) is 39.6 Å². The fraction of sp³-hybridized carbons (Fsp3) is 0.429. The summed E-state index contributed by atoms with van der Waals surface area (Å²) in [5.41, 5.74) is 25.9. The molecule has 1 aliphatic heterocycles. The number of aromatic carboxylic acids is 1. The molecule has 3 rings (SSSR count). The zero-order valence-corrected chi connectivity index (χ0v) is 22.4. The number of nitrogens with two attached hydrogens (primary N) is 4. The Morgan fingerprint density at radius 1 is 0.927 bits per heavy atom. The van der Waals surface area contributed by atoms with Crippen molar-refractivity contribution in [2.24, 2.45) is 34.8 Å². The average molecular weight is 572 g/mol. The number of hydrogen-bond donors (Lipinski definition) is 9. The van der Waals surface area contributed by atoms with Gasteiger partial charge in [0.25, 0.3) is 0 Å². The molecule has 0 aliphatic carbocycles. The first kappa shape index (κ1) is 31.6. The summed E-state index contributed by atoms with van der Waals surface area (Å²) in [7, 11) is 0. The molecule has 0 aromatic heterocycles. The third kappa shape index (κ3) is 7.45. The van der Waals surface area contributed by atoms with E-state index in [1.54, 1.807) is 24.3 Å². The van der Waals surface area contributed by atoms with E-state index in [-0.39, 0.29) is 36.4 Å². The maximum atomic E-state index is 12.2. The zero-order valence-electron chi connectivity index (χ0n) is 22.4. The van der Waals surface area contributed by atoms with Crippen LogP contribution in [0.5, 0.6) is 0 Å². The lowest BCUT2D eigenvalue weighted by molar-refractivity contribution is -0.141. The molecule has 13 heteroatoms. The minimum Gasteiger partial charge on any atom is -0.480 e. The van der Waals surface area contributed by atoms with Crippen LogP contribution >= 0.6 is 0 Å². The second-order valence-electron chi connectivity index (χ2n) is 10.4. The molecular formula is C28H37N5O8. The van der Waals surface area contributed by atoms with Crippen LogP contribution in [0.25, 0.3) is 11.1 Å². The number of aliphatic carboxylic acids is 3. The predicted octanol–water partition coefficient (Wildman–Crippen LogP) is -0.0119. The van der Waals surface area contributed by atoms with Crippen LogP contribution in [-0.4, -0.2) is 75.5 Å². The van der Waals surface area contributed by atoms with E-state index >= 15 is 0 Å². The van der Waals surface area contributed by atoms with Crippen molar-refractivity contribution in [3.63, 3.8) is 0 Å². The molecule has 0 amide bonds. The van der Waals surface area contributed by atoms with Gasteiger partial charge < -0.3 is 48.7 Å². The second kappa shape index (κ2) is 13.7. The van der Waals surface area contributed by atoms with Crippen molar-refractivity contribution in [3.8, 4) is 11.1 Å². The summed E-state index contributed by atoms with van der Waals surface area (Å²) in [5.74, 6) is -6.43. The fourth-order valence-corrected chi connectivity index (χ4v) is 5.74. The largest absolute Gasteiger partial charge is 0.480 e. The first-order valence-corrected chi connectivity index (χ1v) is 13.2. The van der Waals surface area contributed by atoms with E-state index in [4.69, 9.17) is 22.9 Å². The summed E-state index contributed by atoms with van der Waals surface area (Å²) in [6.07, 6.45) is 0.512. The average Bonchev–Trinajstić information content (AvgIpc) is 2.93. The molecule has 1 saturated heterocycles. The van der Waals surface area contributed by atoms with Crippen LogP contribution in [0, 0.1) is 11.8 Å². The van der Waals surface area contributed by atoms with Gasteiger partial charge in [-0.25, -0.2) is 4.79 Å². The van der Waals surface area contributed by atoms with Crippen LogP contribution in [0.4, 0.5) is 0 Å². The highest BCUT2D eigenvalue weighted by molar-refractivity contribution is 5.97. The van der Waals surface area contributed by atoms with E-state index in [1.807, 2.05) is 0 Å². The summed E-state index contributed by atoms with van der Waals surface area (Å²) in [4.78, 5) is 47.5. The van der Waals surface area contributed by atoms with E-state index in [0.29, 0.717) is 41.8 Å². The molecule has 0 bridgehead atoms. The van der Waals surface area contributed by atoms with E-state index in [0.717, 1.165) is 0 Å².